The topological polar surface area (TPSA) is 118 Å². The second-order valence-electron chi connectivity index (χ2n) is 15.9. The largest absolute Gasteiger partial charge is 0.348 e. The number of piperidine rings is 2. The van der Waals surface area contributed by atoms with Gasteiger partial charge in [0, 0.05) is 24.7 Å². The molecule has 5 heterocycles. The van der Waals surface area contributed by atoms with Crippen molar-refractivity contribution in [1.82, 2.24) is 39.2 Å². The molecule has 3 fully saturated rings. The number of nitrogens with zero attached hydrogens (tertiary/aromatic N) is 7. The van der Waals surface area contributed by atoms with Gasteiger partial charge in [0.1, 0.15) is 11.5 Å². The minimum atomic E-state index is -0.653. The fourth-order valence-corrected chi connectivity index (χ4v) is 9.15. The number of halogens is 1. The van der Waals surface area contributed by atoms with Crippen molar-refractivity contribution in [3.05, 3.63) is 129 Å². The summed E-state index contributed by atoms with van der Waals surface area (Å²) in [5, 5.41) is 3.09. The van der Waals surface area contributed by atoms with Gasteiger partial charge in [0.15, 0.2) is 5.65 Å². The molecule has 292 valence electrons. The Morgan fingerprint density at radius 2 is 1.49 bits per heavy atom. The van der Waals surface area contributed by atoms with Crippen molar-refractivity contribution in [2.75, 3.05) is 26.2 Å². The van der Waals surface area contributed by atoms with Gasteiger partial charge in [-0.05, 0) is 125 Å². The first-order valence-corrected chi connectivity index (χ1v) is 20.4. The summed E-state index contributed by atoms with van der Waals surface area (Å²) in [5.41, 5.74) is 4.31. The van der Waals surface area contributed by atoms with Gasteiger partial charge in [0.25, 0.3) is 11.5 Å². The van der Waals surface area contributed by atoms with E-state index in [4.69, 9.17) is 0 Å². The lowest BCUT2D eigenvalue weighted by atomic mass is 9.90. The van der Waals surface area contributed by atoms with Gasteiger partial charge in [-0.15, -0.1) is 0 Å². The van der Waals surface area contributed by atoms with E-state index >= 15 is 0 Å². The number of pyridine rings is 1. The van der Waals surface area contributed by atoms with Crippen LogP contribution in [0, 0.1) is 5.82 Å². The van der Waals surface area contributed by atoms with Crippen molar-refractivity contribution in [3.8, 4) is 16.8 Å². The summed E-state index contributed by atoms with van der Waals surface area (Å²) >= 11 is 0. The van der Waals surface area contributed by atoms with Crippen LogP contribution in [0.15, 0.2) is 101 Å². The molecule has 2 aliphatic heterocycles. The van der Waals surface area contributed by atoms with Crippen molar-refractivity contribution in [2.45, 2.75) is 82.5 Å². The summed E-state index contributed by atoms with van der Waals surface area (Å²) in [7, 11) is 0. The number of rotatable bonds is 8. The van der Waals surface area contributed by atoms with Crippen LogP contribution in [-0.2, 0) is 6.54 Å². The van der Waals surface area contributed by atoms with Gasteiger partial charge in [0.05, 0.1) is 34.5 Å². The van der Waals surface area contributed by atoms with Gasteiger partial charge in [-0.2, -0.15) is 0 Å². The average Bonchev–Trinajstić information content (AvgIpc) is 3.25. The highest BCUT2D eigenvalue weighted by Gasteiger charge is 2.29. The molecule has 0 radical (unpaired) electrons. The Hall–Kier alpha value is -5.59. The predicted octanol–water partition coefficient (Wildman–Crippen LogP) is 6.66. The van der Waals surface area contributed by atoms with Crippen LogP contribution in [0.4, 0.5) is 4.39 Å². The smallest absolute Gasteiger partial charge is 0.337 e. The third-order valence-corrected chi connectivity index (χ3v) is 12.2. The van der Waals surface area contributed by atoms with E-state index in [0.717, 1.165) is 49.1 Å². The Morgan fingerprint density at radius 3 is 2.26 bits per heavy atom. The van der Waals surface area contributed by atoms with E-state index < -0.39 is 23.1 Å². The van der Waals surface area contributed by atoms with E-state index in [9.17, 15) is 18.8 Å². The molecule has 3 aromatic heterocycles. The van der Waals surface area contributed by atoms with Crippen molar-refractivity contribution < 1.29 is 9.18 Å². The highest BCUT2D eigenvalue weighted by atomic mass is 19.1. The summed E-state index contributed by atoms with van der Waals surface area (Å²) in [5.74, 6) is -0.971. The summed E-state index contributed by atoms with van der Waals surface area (Å²) < 4.78 is 17.3. The third-order valence-electron chi connectivity index (χ3n) is 12.2. The van der Waals surface area contributed by atoms with Crippen LogP contribution in [0.2, 0.25) is 0 Å². The van der Waals surface area contributed by atoms with E-state index in [-0.39, 0.29) is 28.7 Å². The average molecular weight is 767 g/mol. The Balaban J connectivity index is 0.919. The van der Waals surface area contributed by atoms with Gasteiger partial charge < -0.3 is 10.2 Å². The zero-order valence-corrected chi connectivity index (χ0v) is 32.0. The Labute approximate surface area is 330 Å². The number of benzene rings is 3. The summed E-state index contributed by atoms with van der Waals surface area (Å²) in [6.45, 7) is 5.67. The molecule has 2 saturated heterocycles. The molecule has 12 heteroatoms. The summed E-state index contributed by atoms with van der Waals surface area (Å²) in [6, 6.07) is 24.9. The molecule has 0 atom stereocenters. The van der Waals surface area contributed by atoms with Crippen molar-refractivity contribution in [2.24, 2.45) is 0 Å². The second kappa shape index (κ2) is 16.1. The molecule has 3 aliphatic rings. The van der Waals surface area contributed by atoms with E-state index in [1.54, 1.807) is 0 Å². The number of carbonyl (C=O) groups is 1. The minimum absolute atomic E-state index is 0.0367. The lowest BCUT2D eigenvalue weighted by molar-refractivity contribution is 0.0896. The molecular weight excluding hydrogens is 720 g/mol. The maximum absolute atomic E-state index is 14.6. The van der Waals surface area contributed by atoms with Gasteiger partial charge in [0.2, 0.25) is 0 Å². The van der Waals surface area contributed by atoms with Crippen LogP contribution in [-0.4, -0.2) is 78.1 Å². The molecule has 11 nitrogen and oxygen atoms in total. The summed E-state index contributed by atoms with van der Waals surface area (Å²) in [6.07, 6.45) is 11.1. The Kier molecular flexibility index (Phi) is 10.5. The molecule has 6 aromatic rings. The third kappa shape index (κ3) is 7.76. The molecule has 3 aromatic carbocycles. The number of hydrogen-bond donors (Lipinski definition) is 1. The van der Waals surface area contributed by atoms with Crippen molar-refractivity contribution >= 4 is 28.0 Å². The quantitative estimate of drug-likeness (QED) is 0.183. The molecular formula is C45H47FN8O3. The molecule has 0 unspecified atom stereocenters. The minimum Gasteiger partial charge on any atom is -0.348 e. The molecule has 1 saturated carbocycles. The monoisotopic (exact) mass is 766 g/mol. The zero-order chi connectivity index (χ0) is 38.9. The Morgan fingerprint density at radius 1 is 0.737 bits per heavy atom. The fraction of sp³-hybridized carbons (Fsp3) is 0.378. The number of fused-ring (bicyclic) bond motifs is 2. The molecule has 57 heavy (non-hydrogen) atoms. The lowest BCUT2D eigenvalue weighted by Gasteiger charge is -2.40. The van der Waals surface area contributed by atoms with E-state index in [1.165, 1.54) is 66.1 Å². The zero-order valence-electron chi connectivity index (χ0n) is 32.0. The number of carbonyl (C=O) groups excluding carboxylic acids is 1. The maximum atomic E-state index is 14.6. The van der Waals surface area contributed by atoms with Crippen LogP contribution in [0.3, 0.4) is 0 Å². The number of nitrogens with one attached hydrogen (secondary N) is 1. The van der Waals surface area contributed by atoms with Gasteiger partial charge in [-0.25, -0.2) is 23.7 Å². The number of para-hydroxylation sites is 2. The predicted molar refractivity (Wildman–Crippen MR) is 219 cm³/mol. The first-order chi connectivity index (χ1) is 27.9. The molecule has 0 bridgehead atoms. The van der Waals surface area contributed by atoms with Gasteiger partial charge in [-0.1, -0.05) is 55.0 Å². The molecule has 1 aliphatic carbocycles. The van der Waals surface area contributed by atoms with E-state index in [1.807, 2.05) is 48.5 Å². The van der Waals surface area contributed by atoms with Gasteiger partial charge in [-0.3, -0.25) is 24.0 Å². The van der Waals surface area contributed by atoms with Crippen LogP contribution in [0.1, 0.15) is 79.9 Å². The SMILES string of the molecule is O=C(N[C@H]1CC[C@@H](n2c(=O)c3cc(F)cnc3n(-c3cccc(-c4ccc(CN5CCC(N6CCCCC6)CC5)cc4)c3)c2=O)CC1)c1cnc2ccccc2n1. The fourth-order valence-electron chi connectivity index (χ4n) is 9.15. The standard InChI is InChI=1S/C45H47FN8O3/c46-33-26-38-42(48-27-33)53(45(57)54(44(38)56)36-17-15-34(16-18-36)49-43(55)41-28-47-39-9-2-3-10-40(39)50-41)37-8-6-7-32(25-37)31-13-11-30(12-14-31)29-51-23-19-35(20-24-51)52-21-4-1-5-22-52/h2-3,6-14,25-28,34-36H,1,4-5,15-24,29H2,(H,49,55)/t34-,36+. The van der Waals surface area contributed by atoms with Crippen LogP contribution < -0.4 is 16.6 Å². The second-order valence-corrected chi connectivity index (χ2v) is 15.9. The number of hydrogen-bond acceptors (Lipinski definition) is 8. The summed E-state index contributed by atoms with van der Waals surface area (Å²) in [4.78, 5) is 59.8. The number of amides is 1. The van der Waals surface area contributed by atoms with Crippen molar-refractivity contribution in [3.63, 3.8) is 0 Å². The van der Waals surface area contributed by atoms with Gasteiger partial charge >= 0.3 is 5.69 Å². The van der Waals surface area contributed by atoms with Crippen LogP contribution in [0.25, 0.3) is 38.9 Å². The van der Waals surface area contributed by atoms with Crippen LogP contribution in [0.5, 0.6) is 0 Å². The Bertz CT molecular complexity index is 2530. The number of likely N-dealkylation sites (tertiary alicyclic amines) is 2. The molecule has 1 amide bonds. The molecule has 9 rings (SSSR count). The maximum Gasteiger partial charge on any atom is 0.337 e. The molecule has 0 spiro atoms. The highest BCUT2D eigenvalue weighted by Crippen LogP contribution is 2.29. The first-order valence-electron chi connectivity index (χ1n) is 20.4. The first kappa shape index (κ1) is 37.0. The molecule has 1 N–H and O–H groups in total. The highest BCUT2D eigenvalue weighted by molar-refractivity contribution is 5.94. The van der Waals surface area contributed by atoms with E-state index in [0.29, 0.717) is 42.4 Å². The van der Waals surface area contributed by atoms with Crippen LogP contribution >= 0.6 is 0 Å². The van der Waals surface area contributed by atoms with E-state index in [2.05, 4.69) is 54.3 Å². The van der Waals surface area contributed by atoms with Crippen molar-refractivity contribution in [1.29, 1.82) is 0 Å². The number of aromatic nitrogens is 5. The normalized spacial score (nSPS) is 19.9. The lowest BCUT2D eigenvalue weighted by Crippen LogP contribution is -2.46.